The Hall–Kier alpha value is -2.11. The van der Waals surface area contributed by atoms with Crippen LogP contribution < -0.4 is 5.73 Å². The lowest BCUT2D eigenvalue weighted by Crippen LogP contribution is -1.90. The van der Waals surface area contributed by atoms with Gasteiger partial charge in [0.15, 0.2) is 0 Å². The Morgan fingerprint density at radius 2 is 2.36 bits per heavy atom. The topological polar surface area (TPSA) is 74.8 Å². The fourth-order valence-electron chi connectivity index (χ4n) is 0.980. The highest BCUT2D eigenvalue weighted by Gasteiger charge is 1.93. The zero-order chi connectivity index (χ0) is 10.4. The summed E-state index contributed by atoms with van der Waals surface area (Å²) < 4.78 is 0. The van der Waals surface area contributed by atoms with Crippen LogP contribution in [-0.2, 0) is 0 Å². The molecule has 0 aromatic heterocycles. The van der Waals surface area contributed by atoms with Crippen molar-refractivity contribution in [3.05, 3.63) is 39.8 Å². The molecular weight excluding hydrogens is 176 g/mol. The van der Waals surface area contributed by atoms with Crippen molar-refractivity contribution < 1.29 is 0 Å². The SMILES string of the molecule is Cc1ccc(N)c(C#CCN=[N+]=[N-])c1. The van der Waals surface area contributed by atoms with Crippen molar-refractivity contribution in [1.29, 1.82) is 0 Å². The van der Waals surface area contributed by atoms with Crippen molar-refractivity contribution in [2.45, 2.75) is 6.92 Å². The van der Waals surface area contributed by atoms with Gasteiger partial charge in [0.05, 0.1) is 6.54 Å². The normalized spacial score (nSPS) is 8.36. The van der Waals surface area contributed by atoms with Crippen molar-refractivity contribution in [3.8, 4) is 11.8 Å². The summed E-state index contributed by atoms with van der Waals surface area (Å²) in [6, 6.07) is 5.64. The Bertz CT molecular complexity index is 433. The molecule has 0 aliphatic heterocycles. The molecule has 14 heavy (non-hydrogen) atoms. The molecule has 1 rings (SSSR count). The smallest absolute Gasteiger partial charge is 0.0880 e. The fraction of sp³-hybridized carbons (Fsp3) is 0.200. The summed E-state index contributed by atoms with van der Waals surface area (Å²) in [7, 11) is 0. The molecule has 2 N–H and O–H groups in total. The molecule has 1 aromatic rings. The highest BCUT2D eigenvalue weighted by Crippen LogP contribution is 2.11. The van der Waals surface area contributed by atoms with Gasteiger partial charge in [-0.25, -0.2) is 0 Å². The molecule has 70 valence electrons. The summed E-state index contributed by atoms with van der Waals surface area (Å²) >= 11 is 0. The lowest BCUT2D eigenvalue weighted by atomic mass is 10.1. The molecule has 1 aromatic carbocycles. The van der Waals surface area contributed by atoms with E-state index in [2.05, 4.69) is 21.9 Å². The molecule has 0 aliphatic rings. The molecule has 4 heteroatoms. The Kier molecular flexibility index (Phi) is 3.42. The van der Waals surface area contributed by atoms with Crippen LogP contribution in [0.1, 0.15) is 11.1 Å². The molecule has 4 nitrogen and oxygen atoms in total. The van der Waals surface area contributed by atoms with E-state index in [9.17, 15) is 0 Å². The lowest BCUT2D eigenvalue weighted by Gasteiger charge is -1.98. The molecule has 0 radical (unpaired) electrons. The first-order chi connectivity index (χ1) is 6.74. The third-order valence-corrected chi connectivity index (χ3v) is 1.64. The van der Waals surface area contributed by atoms with Gasteiger partial charge in [-0.1, -0.05) is 23.0 Å². The number of hydrogen-bond acceptors (Lipinski definition) is 2. The number of nitrogens with two attached hydrogens (primary N) is 1. The Balaban J connectivity index is 2.88. The van der Waals surface area contributed by atoms with E-state index in [0.717, 1.165) is 11.1 Å². The van der Waals surface area contributed by atoms with Gasteiger partial charge in [-0.15, -0.1) is 0 Å². The highest BCUT2D eigenvalue weighted by atomic mass is 15.1. The molecular formula is C10H10N4. The van der Waals surface area contributed by atoms with Crippen molar-refractivity contribution in [1.82, 2.24) is 0 Å². The van der Waals surface area contributed by atoms with Gasteiger partial charge in [-0.2, -0.15) is 0 Å². The number of azide groups is 1. The second-order valence-corrected chi connectivity index (χ2v) is 2.78. The number of benzene rings is 1. The van der Waals surface area contributed by atoms with E-state index >= 15 is 0 Å². The van der Waals surface area contributed by atoms with Gasteiger partial charge in [0.1, 0.15) is 0 Å². The highest BCUT2D eigenvalue weighted by molar-refractivity contribution is 5.56. The van der Waals surface area contributed by atoms with Gasteiger partial charge in [0.2, 0.25) is 0 Å². The van der Waals surface area contributed by atoms with Crippen LogP contribution in [-0.4, -0.2) is 6.54 Å². The third-order valence-electron chi connectivity index (χ3n) is 1.64. The largest absolute Gasteiger partial charge is 0.398 e. The zero-order valence-corrected chi connectivity index (χ0v) is 7.86. The van der Waals surface area contributed by atoms with E-state index in [1.807, 2.05) is 25.1 Å². The van der Waals surface area contributed by atoms with Crippen molar-refractivity contribution >= 4 is 5.69 Å². The summed E-state index contributed by atoms with van der Waals surface area (Å²) in [5.74, 6) is 5.57. The average Bonchev–Trinajstić information content (AvgIpc) is 2.18. The maximum atomic E-state index is 8.03. The van der Waals surface area contributed by atoms with Crippen LogP contribution in [0.15, 0.2) is 23.3 Å². The molecule has 0 fully saturated rings. The van der Waals surface area contributed by atoms with Crippen LogP contribution in [0.4, 0.5) is 5.69 Å². The summed E-state index contributed by atoms with van der Waals surface area (Å²) in [5, 5.41) is 3.31. The van der Waals surface area contributed by atoms with Gasteiger partial charge in [0, 0.05) is 16.2 Å². The van der Waals surface area contributed by atoms with Crippen molar-refractivity contribution in [3.63, 3.8) is 0 Å². The average molecular weight is 186 g/mol. The lowest BCUT2D eigenvalue weighted by molar-refractivity contribution is 1.25. The summed E-state index contributed by atoms with van der Waals surface area (Å²) in [5.41, 5.74) is 16.2. The van der Waals surface area contributed by atoms with Gasteiger partial charge in [-0.3, -0.25) is 0 Å². The molecule has 0 amide bonds. The Morgan fingerprint density at radius 1 is 1.57 bits per heavy atom. The molecule has 0 atom stereocenters. The quantitative estimate of drug-likeness (QED) is 0.236. The second kappa shape index (κ2) is 4.80. The maximum Gasteiger partial charge on any atom is 0.0880 e. The second-order valence-electron chi connectivity index (χ2n) is 2.78. The van der Waals surface area contributed by atoms with E-state index in [4.69, 9.17) is 11.3 Å². The monoisotopic (exact) mass is 186 g/mol. The van der Waals surface area contributed by atoms with Crippen molar-refractivity contribution in [2.75, 3.05) is 12.3 Å². The molecule has 0 heterocycles. The van der Waals surface area contributed by atoms with Gasteiger partial charge < -0.3 is 5.73 Å². The maximum absolute atomic E-state index is 8.03. The molecule has 0 aliphatic carbocycles. The molecule has 0 saturated carbocycles. The number of aryl methyl sites for hydroxylation is 1. The van der Waals surface area contributed by atoms with E-state index in [1.165, 1.54) is 0 Å². The molecule has 0 saturated heterocycles. The van der Waals surface area contributed by atoms with Crippen LogP contribution >= 0.6 is 0 Å². The number of hydrogen-bond donors (Lipinski definition) is 1. The van der Waals surface area contributed by atoms with E-state index < -0.39 is 0 Å². The van der Waals surface area contributed by atoms with Crippen LogP contribution in [0, 0.1) is 18.8 Å². The number of rotatable bonds is 1. The van der Waals surface area contributed by atoms with Gasteiger partial charge in [0.25, 0.3) is 0 Å². The minimum Gasteiger partial charge on any atom is -0.398 e. The first-order valence-electron chi connectivity index (χ1n) is 4.10. The van der Waals surface area contributed by atoms with Gasteiger partial charge >= 0.3 is 0 Å². The number of nitrogens with zero attached hydrogens (tertiary/aromatic N) is 3. The Labute approximate surface area is 82.4 Å². The summed E-state index contributed by atoms with van der Waals surface area (Å²) in [6.45, 7) is 2.14. The first kappa shape index (κ1) is 9.97. The van der Waals surface area contributed by atoms with E-state index in [-0.39, 0.29) is 6.54 Å². The van der Waals surface area contributed by atoms with E-state index in [0.29, 0.717) is 5.69 Å². The minimum atomic E-state index is 0.171. The standard InChI is InChI=1S/C10H10N4/c1-8-4-5-10(11)9(7-8)3-2-6-13-14-12/h4-5,7H,6,11H2,1H3. The fourth-order valence-corrected chi connectivity index (χ4v) is 0.980. The minimum absolute atomic E-state index is 0.171. The van der Waals surface area contributed by atoms with E-state index in [1.54, 1.807) is 0 Å². The summed E-state index contributed by atoms with van der Waals surface area (Å²) in [6.07, 6.45) is 0. The van der Waals surface area contributed by atoms with Crippen LogP contribution in [0.25, 0.3) is 10.4 Å². The number of nitrogen functional groups attached to an aromatic ring is 1. The molecule has 0 unspecified atom stereocenters. The number of anilines is 1. The zero-order valence-electron chi connectivity index (χ0n) is 7.86. The molecule has 0 spiro atoms. The van der Waals surface area contributed by atoms with Crippen LogP contribution in [0.3, 0.4) is 0 Å². The molecule has 0 bridgehead atoms. The first-order valence-corrected chi connectivity index (χ1v) is 4.10. The Morgan fingerprint density at radius 3 is 3.07 bits per heavy atom. The van der Waals surface area contributed by atoms with Gasteiger partial charge in [-0.05, 0) is 30.2 Å². The predicted molar refractivity (Wildman–Crippen MR) is 56.5 cm³/mol. The van der Waals surface area contributed by atoms with Crippen LogP contribution in [0.5, 0.6) is 0 Å². The summed E-state index contributed by atoms with van der Waals surface area (Å²) in [4.78, 5) is 2.60. The predicted octanol–water partition coefficient (Wildman–Crippen LogP) is 2.24. The third kappa shape index (κ3) is 2.74. The van der Waals surface area contributed by atoms with Crippen molar-refractivity contribution in [2.24, 2.45) is 5.11 Å². The van der Waals surface area contributed by atoms with Crippen LogP contribution in [0.2, 0.25) is 0 Å².